The maximum atomic E-state index is 14.2. The van der Waals surface area contributed by atoms with Gasteiger partial charge in [-0.1, -0.05) is 60.7 Å². The molecule has 0 heterocycles. The molecule has 3 rings (SSSR count). The molecule has 0 N–H and O–H groups in total. The predicted molar refractivity (Wildman–Crippen MR) is 133 cm³/mol. The minimum absolute atomic E-state index is 0.0126. The molecule has 23 heteroatoms. The van der Waals surface area contributed by atoms with Crippen molar-refractivity contribution >= 4 is 0 Å². The third-order valence-electron chi connectivity index (χ3n) is 7.25. The second kappa shape index (κ2) is 12.8. The zero-order chi connectivity index (χ0) is 40.4. The minimum Gasteiger partial charge on any atom is -0.462 e. The van der Waals surface area contributed by atoms with Crippen LogP contribution in [0.1, 0.15) is 5.56 Å². The van der Waals surface area contributed by atoms with Gasteiger partial charge in [0.05, 0.1) is 0 Å². The normalized spacial score (nSPS) is 14.8. The molecule has 0 atom stereocenters. The zero-order valence-corrected chi connectivity index (χ0v) is 24.4. The van der Waals surface area contributed by atoms with Crippen molar-refractivity contribution in [2.24, 2.45) is 0 Å². The third kappa shape index (κ3) is 6.90. The molecular formula is C29H14F22O. The van der Waals surface area contributed by atoms with Crippen LogP contribution in [0, 0.1) is 0 Å². The average Bonchev–Trinajstić information content (AvgIpc) is 2.97. The Labute approximate surface area is 274 Å². The third-order valence-corrected chi connectivity index (χ3v) is 7.25. The molecule has 290 valence electrons. The molecule has 0 saturated heterocycles. The first-order valence-corrected chi connectivity index (χ1v) is 13.2. The van der Waals surface area contributed by atoms with E-state index in [1.807, 2.05) is 0 Å². The van der Waals surface area contributed by atoms with Gasteiger partial charge < -0.3 is 4.74 Å². The molecule has 0 bridgehead atoms. The lowest BCUT2D eigenvalue weighted by atomic mass is 9.90. The largest absolute Gasteiger partial charge is 0.462 e. The standard InChI is InChI=1S/C29H14F22O/c30-20(31,22(32,33)23(34,35)24(36,37)25(38,39)29(49,50)51)13-14-1-3-15(4-2-14)16-5-7-17(8-6-16)18-9-11-19(12-10-18)52-21(26(40,41)42,27(43,44)45)28(46,47)48/h1-12H,13H2. The first-order chi connectivity index (χ1) is 23.1. The fourth-order valence-electron chi connectivity index (χ4n) is 4.39. The van der Waals surface area contributed by atoms with E-state index in [1.54, 1.807) is 0 Å². The van der Waals surface area contributed by atoms with E-state index >= 15 is 0 Å². The lowest BCUT2D eigenvalue weighted by molar-refractivity contribution is -0.439. The number of rotatable bonds is 10. The van der Waals surface area contributed by atoms with E-state index in [4.69, 9.17) is 0 Å². The molecule has 0 aliphatic carbocycles. The van der Waals surface area contributed by atoms with Crippen LogP contribution in [0.15, 0.2) is 72.8 Å². The van der Waals surface area contributed by atoms with E-state index in [1.165, 1.54) is 24.3 Å². The van der Waals surface area contributed by atoms with Gasteiger partial charge in [0, 0.05) is 6.42 Å². The van der Waals surface area contributed by atoms with Crippen molar-refractivity contribution in [2.45, 2.75) is 66.3 Å². The van der Waals surface area contributed by atoms with Gasteiger partial charge in [0.1, 0.15) is 5.75 Å². The van der Waals surface area contributed by atoms with Crippen LogP contribution in [0.5, 0.6) is 5.75 Å². The second-order valence-corrected chi connectivity index (χ2v) is 10.8. The molecule has 0 aliphatic heterocycles. The second-order valence-electron chi connectivity index (χ2n) is 10.8. The smallest absolute Gasteiger partial charge is 0.460 e. The van der Waals surface area contributed by atoms with Gasteiger partial charge >= 0.3 is 59.9 Å². The molecule has 3 aromatic rings. The van der Waals surface area contributed by atoms with Gasteiger partial charge in [-0.2, -0.15) is 96.6 Å². The van der Waals surface area contributed by atoms with Gasteiger partial charge in [0.15, 0.2) is 0 Å². The monoisotopic (exact) mass is 796 g/mol. The number of alkyl halides is 22. The molecule has 0 spiro atoms. The highest BCUT2D eigenvalue weighted by molar-refractivity contribution is 5.70. The van der Waals surface area contributed by atoms with Gasteiger partial charge in [-0.15, -0.1) is 0 Å². The molecule has 0 aromatic heterocycles. The van der Waals surface area contributed by atoms with Crippen LogP contribution in [0.3, 0.4) is 0 Å². The van der Waals surface area contributed by atoms with Crippen LogP contribution >= 0.6 is 0 Å². The number of benzene rings is 3. The van der Waals surface area contributed by atoms with Crippen LogP contribution < -0.4 is 4.74 Å². The number of hydrogen-bond acceptors (Lipinski definition) is 1. The Kier molecular flexibility index (Phi) is 10.4. The summed E-state index contributed by atoms with van der Waals surface area (Å²) in [5.41, 5.74) is -7.39. The van der Waals surface area contributed by atoms with Gasteiger partial charge in [0.25, 0.3) is 0 Å². The molecule has 52 heavy (non-hydrogen) atoms. The van der Waals surface area contributed by atoms with Crippen LogP contribution in [-0.4, -0.2) is 59.9 Å². The quantitative estimate of drug-likeness (QED) is 0.186. The summed E-state index contributed by atoms with van der Waals surface area (Å²) in [6.07, 6.45) is -31.1. The van der Waals surface area contributed by atoms with E-state index in [-0.39, 0.29) is 22.3 Å². The van der Waals surface area contributed by atoms with E-state index in [9.17, 15) is 96.6 Å². The van der Waals surface area contributed by atoms with E-state index in [0.29, 0.717) is 24.3 Å². The SMILES string of the molecule is FC(F)(F)C(F)(F)C(F)(F)C(F)(F)C(F)(F)C(F)(F)Cc1ccc(-c2ccc(-c3ccc(OC(C(F)(F)F)(C(F)(F)F)C(F)(F)F)cc3)cc2)cc1. The van der Waals surface area contributed by atoms with Crippen molar-refractivity contribution < 1.29 is 101 Å². The minimum atomic E-state index is -8.05. The highest BCUT2D eigenvalue weighted by atomic mass is 19.4. The lowest BCUT2D eigenvalue weighted by Crippen LogP contribution is -2.70. The van der Waals surface area contributed by atoms with Crippen LogP contribution in [0.25, 0.3) is 22.3 Å². The summed E-state index contributed by atoms with van der Waals surface area (Å²) in [6, 6.07) is 9.82. The van der Waals surface area contributed by atoms with Gasteiger partial charge in [-0.25, -0.2) is 0 Å². The molecule has 0 amide bonds. The molecule has 0 fully saturated rings. The van der Waals surface area contributed by atoms with Crippen LogP contribution in [-0.2, 0) is 6.42 Å². The fourth-order valence-corrected chi connectivity index (χ4v) is 4.39. The first kappa shape index (κ1) is 42.3. The van der Waals surface area contributed by atoms with Gasteiger partial charge in [0.2, 0.25) is 0 Å². The van der Waals surface area contributed by atoms with E-state index in [0.717, 1.165) is 24.3 Å². The van der Waals surface area contributed by atoms with Gasteiger partial charge in [-0.05, 0) is 39.9 Å². The summed E-state index contributed by atoms with van der Waals surface area (Å²) in [5, 5.41) is 0. The molecule has 0 radical (unpaired) electrons. The van der Waals surface area contributed by atoms with Crippen LogP contribution in [0.4, 0.5) is 96.6 Å². The summed E-state index contributed by atoms with van der Waals surface area (Å²) in [5.74, 6) is -39.2. The van der Waals surface area contributed by atoms with Crippen molar-refractivity contribution in [3.05, 3.63) is 78.4 Å². The summed E-state index contributed by atoms with van der Waals surface area (Å²) in [6.45, 7) is 0. The Bertz CT molecular complexity index is 1640. The van der Waals surface area contributed by atoms with Crippen molar-refractivity contribution in [3.63, 3.8) is 0 Å². The molecule has 0 saturated carbocycles. The van der Waals surface area contributed by atoms with Crippen molar-refractivity contribution in [3.8, 4) is 28.0 Å². The Hall–Kier alpha value is -4.08. The van der Waals surface area contributed by atoms with E-state index in [2.05, 4.69) is 4.74 Å². The van der Waals surface area contributed by atoms with Crippen LogP contribution in [0.2, 0.25) is 0 Å². The Morgan fingerprint density at radius 2 is 0.615 bits per heavy atom. The lowest BCUT2D eigenvalue weighted by Gasteiger charge is -2.39. The predicted octanol–water partition coefficient (Wildman–Crippen LogP) is 12.1. The summed E-state index contributed by atoms with van der Waals surface area (Å²) >= 11 is 0. The van der Waals surface area contributed by atoms with E-state index < -0.39 is 77.7 Å². The number of halogens is 22. The molecule has 0 aliphatic rings. The van der Waals surface area contributed by atoms with Crippen molar-refractivity contribution in [1.82, 2.24) is 0 Å². The van der Waals surface area contributed by atoms with Crippen molar-refractivity contribution in [1.29, 1.82) is 0 Å². The summed E-state index contributed by atoms with van der Waals surface area (Å²) in [7, 11) is 0. The maximum Gasteiger partial charge on any atom is 0.460 e. The highest BCUT2D eigenvalue weighted by Gasteiger charge is 2.91. The Balaban J connectivity index is 1.82. The average molecular weight is 796 g/mol. The van der Waals surface area contributed by atoms with Gasteiger partial charge in [-0.3, -0.25) is 0 Å². The highest BCUT2D eigenvalue weighted by Crippen LogP contribution is 2.61. The summed E-state index contributed by atoms with van der Waals surface area (Å²) < 4.78 is 295. The first-order valence-electron chi connectivity index (χ1n) is 13.2. The topological polar surface area (TPSA) is 9.23 Å². The summed E-state index contributed by atoms with van der Waals surface area (Å²) in [4.78, 5) is 0. The molecule has 3 aromatic carbocycles. The maximum absolute atomic E-state index is 14.2. The Morgan fingerprint density at radius 1 is 0.327 bits per heavy atom. The number of ether oxygens (including phenoxy) is 1. The molecule has 0 unspecified atom stereocenters. The number of hydrogen-bond donors (Lipinski definition) is 0. The molecular weight excluding hydrogens is 782 g/mol. The zero-order valence-electron chi connectivity index (χ0n) is 24.4. The Morgan fingerprint density at radius 3 is 0.923 bits per heavy atom. The molecule has 1 nitrogen and oxygen atoms in total. The van der Waals surface area contributed by atoms with Crippen molar-refractivity contribution in [2.75, 3.05) is 0 Å². The fraction of sp³-hybridized carbons (Fsp3) is 0.379.